The van der Waals surface area contributed by atoms with Gasteiger partial charge >= 0.3 is 0 Å². The van der Waals surface area contributed by atoms with Gasteiger partial charge in [-0.05, 0) is 73.1 Å². The first kappa shape index (κ1) is 14.1. The highest BCUT2D eigenvalue weighted by molar-refractivity contribution is 5.92. The van der Waals surface area contributed by atoms with Gasteiger partial charge in [0.1, 0.15) is 0 Å². The molecule has 1 aromatic carbocycles. The van der Waals surface area contributed by atoms with Crippen LogP contribution >= 0.6 is 0 Å². The van der Waals surface area contributed by atoms with Gasteiger partial charge in [-0.15, -0.1) is 0 Å². The maximum Gasteiger partial charge on any atom is 0.193 e. The van der Waals surface area contributed by atoms with Gasteiger partial charge in [0, 0.05) is 25.4 Å². The zero-order valence-corrected chi connectivity index (χ0v) is 13.1. The average Bonchev–Trinajstić information content (AvgIpc) is 2.97. The second-order valence-electron chi connectivity index (χ2n) is 7.06. The number of nitrogens with one attached hydrogen (secondary N) is 1. The molecule has 1 saturated heterocycles. The van der Waals surface area contributed by atoms with Gasteiger partial charge in [0.2, 0.25) is 0 Å². The van der Waals surface area contributed by atoms with Gasteiger partial charge in [0.25, 0.3) is 0 Å². The number of benzene rings is 1. The molecule has 1 saturated carbocycles. The van der Waals surface area contributed by atoms with Crippen molar-refractivity contribution in [3.8, 4) is 0 Å². The zero-order valence-electron chi connectivity index (χ0n) is 13.1. The normalized spacial score (nSPS) is 26.0. The van der Waals surface area contributed by atoms with Gasteiger partial charge in [-0.25, -0.2) is 0 Å². The summed E-state index contributed by atoms with van der Waals surface area (Å²) in [7, 11) is 0. The first-order valence-electron chi connectivity index (χ1n) is 8.52. The van der Waals surface area contributed by atoms with E-state index in [1.807, 2.05) is 0 Å². The number of aryl methyl sites for hydroxylation is 2. The molecular formula is C18H25N3O. The maximum absolute atomic E-state index is 6.06. The van der Waals surface area contributed by atoms with Crippen molar-refractivity contribution in [2.45, 2.75) is 38.5 Å². The van der Waals surface area contributed by atoms with E-state index in [4.69, 9.17) is 10.5 Å². The van der Waals surface area contributed by atoms with E-state index in [9.17, 15) is 0 Å². The molecule has 3 N–H and O–H groups in total. The Kier molecular flexibility index (Phi) is 3.57. The minimum Gasteiger partial charge on any atom is -0.381 e. The lowest BCUT2D eigenvalue weighted by atomic mass is 9.94. The summed E-state index contributed by atoms with van der Waals surface area (Å²) in [5, 5.41) is 3.25. The van der Waals surface area contributed by atoms with E-state index >= 15 is 0 Å². The third-order valence-electron chi connectivity index (χ3n) is 5.70. The SMILES string of the molecule is NC(=NCC1CC12CCOCC2)Nc1ccc2c(c1)CCC2. The number of hydrogen-bond donors (Lipinski definition) is 2. The summed E-state index contributed by atoms with van der Waals surface area (Å²) >= 11 is 0. The summed E-state index contributed by atoms with van der Waals surface area (Å²) in [4.78, 5) is 4.57. The highest BCUT2D eigenvalue weighted by atomic mass is 16.5. The van der Waals surface area contributed by atoms with Crippen molar-refractivity contribution in [2.75, 3.05) is 25.1 Å². The summed E-state index contributed by atoms with van der Waals surface area (Å²) in [5.74, 6) is 1.25. The number of hydrogen-bond acceptors (Lipinski definition) is 2. The fourth-order valence-corrected chi connectivity index (χ4v) is 4.13. The Bertz CT molecular complexity index is 590. The number of rotatable bonds is 3. The highest BCUT2D eigenvalue weighted by Gasteiger charge is 2.53. The van der Waals surface area contributed by atoms with E-state index in [1.54, 1.807) is 0 Å². The molecule has 0 aromatic heterocycles. The molecule has 1 heterocycles. The molecule has 1 spiro atoms. The molecule has 3 aliphatic rings. The predicted molar refractivity (Wildman–Crippen MR) is 89.2 cm³/mol. The van der Waals surface area contributed by atoms with E-state index in [0.717, 1.165) is 25.4 Å². The Morgan fingerprint density at radius 3 is 2.95 bits per heavy atom. The molecule has 1 unspecified atom stereocenters. The summed E-state index contributed by atoms with van der Waals surface area (Å²) in [5.41, 5.74) is 10.6. The summed E-state index contributed by atoms with van der Waals surface area (Å²) in [6, 6.07) is 6.56. The fourth-order valence-electron chi connectivity index (χ4n) is 4.13. The van der Waals surface area contributed by atoms with Crippen molar-refractivity contribution in [3.63, 3.8) is 0 Å². The number of nitrogens with zero attached hydrogens (tertiary/aromatic N) is 1. The maximum atomic E-state index is 6.06. The van der Waals surface area contributed by atoms with Gasteiger partial charge in [-0.1, -0.05) is 6.07 Å². The van der Waals surface area contributed by atoms with Crippen molar-refractivity contribution in [3.05, 3.63) is 29.3 Å². The molecule has 4 nitrogen and oxygen atoms in total. The second-order valence-corrected chi connectivity index (χ2v) is 7.06. The molecule has 4 heteroatoms. The lowest BCUT2D eigenvalue weighted by molar-refractivity contribution is 0.0525. The van der Waals surface area contributed by atoms with Gasteiger partial charge in [-0.3, -0.25) is 4.99 Å². The Hall–Kier alpha value is -1.55. The zero-order chi connectivity index (χ0) is 15.0. The molecule has 2 aliphatic carbocycles. The van der Waals surface area contributed by atoms with Gasteiger partial charge in [0.05, 0.1) is 0 Å². The van der Waals surface area contributed by atoms with Crippen LogP contribution in [0.5, 0.6) is 0 Å². The molecule has 0 radical (unpaired) electrons. The monoisotopic (exact) mass is 299 g/mol. The van der Waals surface area contributed by atoms with E-state index in [1.165, 1.54) is 49.7 Å². The van der Waals surface area contributed by atoms with Gasteiger partial charge < -0.3 is 15.8 Å². The van der Waals surface area contributed by atoms with Crippen LogP contribution in [0, 0.1) is 11.3 Å². The van der Waals surface area contributed by atoms with Crippen LogP contribution in [-0.4, -0.2) is 25.7 Å². The van der Waals surface area contributed by atoms with Crippen molar-refractivity contribution in [1.82, 2.24) is 0 Å². The van der Waals surface area contributed by atoms with Gasteiger partial charge in [-0.2, -0.15) is 0 Å². The van der Waals surface area contributed by atoms with Crippen LogP contribution in [0.15, 0.2) is 23.2 Å². The number of anilines is 1. The molecule has 0 amide bonds. The van der Waals surface area contributed by atoms with Crippen LogP contribution < -0.4 is 11.1 Å². The van der Waals surface area contributed by atoms with Crippen molar-refractivity contribution < 1.29 is 4.74 Å². The molecule has 4 rings (SSSR count). The molecule has 1 aliphatic heterocycles. The Morgan fingerprint density at radius 2 is 2.09 bits per heavy atom. The second kappa shape index (κ2) is 5.58. The fraction of sp³-hybridized carbons (Fsp3) is 0.611. The molecule has 2 fully saturated rings. The van der Waals surface area contributed by atoms with E-state index in [0.29, 0.717) is 17.3 Å². The van der Waals surface area contributed by atoms with Gasteiger partial charge in [0.15, 0.2) is 5.96 Å². The third kappa shape index (κ3) is 2.72. The molecule has 1 atom stereocenters. The lowest BCUT2D eigenvalue weighted by Gasteiger charge is -2.22. The quantitative estimate of drug-likeness (QED) is 0.666. The summed E-state index contributed by atoms with van der Waals surface area (Å²) in [6.07, 6.45) is 7.37. The lowest BCUT2D eigenvalue weighted by Crippen LogP contribution is -2.24. The van der Waals surface area contributed by atoms with Crippen LogP contribution in [0.2, 0.25) is 0 Å². The Balaban J connectivity index is 1.33. The van der Waals surface area contributed by atoms with Crippen LogP contribution in [0.4, 0.5) is 5.69 Å². The number of ether oxygens (including phenoxy) is 1. The number of guanidine groups is 1. The van der Waals surface area contributed by atoms with Crippen LogP contribution in [0.25, 0.3) is 0 Å². The minimum atomic E-state index is 0.523. The molecule has 1 aromatic rings. The molecule has 118 valence electrons. The van der Waals surface area contributed by atoms with E-state index < -0.39 is 0 Å². The summed E-state index contributed by atoms with van der Waals surface area (Å²) < 4.78 is 5.46. The minimum absolute atomic E-state index is 0.523. The standard InChI is InChI=1S/C18H25N3O/c19-17(20-12-15-11-18(15)6-8-22-9-7-18)21-16-5-4-13-2-1-3-14(13)10-16/h4-5,10,15H,1-3,6-9,11-12H2,(H3,19,20,21). The topological polar surface area (TPSA) is 59.6 Å². The molecular weight excluding hydrogens is 274 g/mol. The third-order valence-corrected chi connectivity index (χ3v) is 5.70. The first-order chi connectivity index (χ1) is 10.8. The van der Waals surface area contributed by atoms with Crippen molar-refractivity contribution in [2.24, 2.45) is 22.1 Å². The van der Waals surface area contributed by atoms with Crippen molar-refractivity contribution >= 4 is 11.6 Å². The molecule has 22 heavy (non-hydrogen) atoms. The first-order valence-corrected chi connectivity index (χ1v) is 8.52. The largest absolute Gasteiger partial charge is 0.381 e. The van der Waals surface area contributed by atoms with E-state index in [2.05, 4.69) is 28.5 Å². The Morgan fingerprint density at radius 1 is 1.27 bits per heavy atom. The number of fused-ring (bicyclic) bond motifs is 1. The summed E-state index contributed by atoms with van der Waals surface area (Å²) in [6.45, 7) is 2.69. The predicted octanol–water partition coefficient (Wildman–Crippen LogP) is 2.72. The van der Waals surface area contributed by atoms with Crippen molar-refractivity contribution in [1.29, 1.82) is 0 Å². The number of nitrogens with two attached hydrogens (primary N) is 1. The van der Waals surface area contributed by atoms with Crippen LogP contribution in [0.1, 0.15) is 36.8 Å². The van der Waals surface area contributed by atoms with E-state index in [-0.39, 0.29) is 0 Å². The number of aliphatic imine (C=N–C) groups is 1. The van der Waals surface area contributed by atoms with Crippen LogP contribution in [-0.2, 0) is 17.6 Å². The Labute approximate surface area is 132 Å². The average molecular weight is 299 g/mol. The smallest absolute Gasteiger partial charge is 0.193 e. The molecule has 0 bridgehead atoms. The highest BCUT2D eigenvalue weighted by Crippen LogP contribution is 2.59. The van der Waals surface area contributed by atoms with Crippen LogP contribution in [0.3, 0.4) is 0 Å².